The molecule has 0 atom stereocenters. The summed E-state index contributed by atoms with van der Waals surface area (Å²) >= 11 is 0. The SMILES string of the molecule is Nc1ncnc(N)c1C#Cc1cccc(NC(=O)NCC2CCOCC2)c1. The third-order valence-corrected chi connectivity index (χ3v) is 4.25. The van der Waals surface area contributed by atoms with Crippen LogP contribution < -0.4 is 22.1 Å². The van der Waals surface area contributed by atoms with Crippen LogP contribution in [0.1, 0.15) is 24.0 Å². The maximum Gasteiger partial charge on any atom is 0.319 e. The van der Waals surface area contributed by atoms with Gasteiger partial charge in [0.2, 0.25) is 0 Å². The molecule has 0 unspecified atom stereocenters. The van der Waals surface area contributed by atoms with Gasteiger partial charge in [0.1, 0.15) is 23.5 Å². The minimum absolute atomic E-state index is 0.233. The summed E-state index contributed by atoms with van der Waals surface area (Å²) in [6.45, 7) is 2.16. The zero-order valence-electron chi connectivity index (χ0n) is 14.9. The van der Waals surface area contributed by atoms with Crippen molar-refractivity contribution in [3.63, 3.8) is 0 Å². The van der Waals surface area contributed by atoms with Gasteiger partial charge in [-0.05, 0) is 37.0 Å². The minimum atomic E-state index is -0.239. The van der Waals surface area contributed by atoms with Gasteiger partial charge in [-0.3, -0.25) is 0 Å². The minimum Gasteiger partial charge on any atom is -0.382 e. The van der Waals surface area contributed by atoms with Crippen molar-refractivity contribution in [2.45, 2.75) is 12.8 Å². The molecule has 8 nitrogen and oxygen atoms in total. The molecule has 2 amide bonds. The molecule has 1 aromatic carbocycles. The summed E-state index contributed by atoms with van der Waals surface area (Å²) in [6, 6.07) is 6.97. The lowest BCUT2D eigenvalue weighted by Gasteiger charge is -2.22. The van der Waals surface area contributed by atoms with Crippen LogP contribution in [0.15, 0.2) is 30.6 Å². The molecule has 1 saturated heterocycles. The van der Waals surface area contributed by atoms with Crippen LogP contribution in [-0.4, -0.2) is 35.8 Å². The fourth-order valence-corrected chi connectivity index (χ4v) is 2.71. The summed E-state index contributed by atoms with van der Waals surface area (Å²) in [4.78, 5) is 19.9. The van der Waals surface area contributed by atoms with Gasteiger partial charge in [-0.2, -0.15) is 0 Å². The van der Waals surface area contributed by atoms with E-state index in [-0.39, 0.29) is 17.7 Å². The lowest BCUT2D eigenvalue weighted by atomic mass is 10.0. The second kappa shape index (κ2) is 8.87. The van der Waals surface area contributed by atoms with E-state index in [1.807, 2.05) is 12.1 Å². The largest absolute Gasteiger partial charge is 0.382 e. The summed E-state index contributed by atoms with van der Waals surface area (Å²) in [5.41, 5.74) is 13.3. The molecule has 0 radical (unpaired) electrons. The molecule has 0 aliphatic carbocycles. The molecule has 27 heavy (non-hydrogen) atoms. The molecule has 1 aromatic heterocycles. The first kappa shape index (κ1) is 18.5. The number of hydrogen-bond acceptors (Lipinski definition) is 6. The predicted molar refractivity (Wildman–Crippen MR) is 104 cm³/mol. The van der Waals surface area contributed by atoms with Crippen LogP contribution in [-0.2, 0) is 4.74 Å². The lowest BCUT2D eigenvalue weighted by Crippen LogP contribution is -2.35. The van der Waals surface area contributed by atoms with Gasteiger partial charge in [0.25, 0.3) is 0 Å². The van der Waals surface area contributed by atoms with Crippen LogP contribution in [0.25, 0.3) is 0 Å². The Bertz CT molecular complexity index is 848. The Morgan fingerprint density at radius 1 is 1.19 bits per heavy atom. The molecule has 1 fully saturated rings. The first-order valence-corrected chi connectivity index (χ1v) is 8.72. The van der Waals surface area contributed by atoms with E-state index >= 15 is 0 Å². The van der Waals surface area contributed by atoms with Crippen LogP contribution in [0, 0.1) is 17.8 Å². The summed E-state index contributed by atoms with van der Waals surface area (Å²) in [7, 11) is 0. The van der Waals surface area contributed by atoms with Crippen molar-refractivity contribution < 1.29 is 9.53 Å². The Balaban J connectivity index is 1.60. The Kier molecular flexibility index (Phi) is 6.07. The van der Waals surface area contributed by atoms with Gasteiger partial charge in [0.05, 0.1) is 0 Å². The number of amides is 2. The molecule has 140 valence electrons. The standard InChI is InChI=1S/C19H22N6O2/c20-17-16(18(21)24-12-23-17)5-4-13-2-1-3-15(10-13)25-19(26)22-11-14-6-8-27-9-7-14/h1-3,10,12,14H,6-9,11H2,(H2,22,25,26)(H4,20,21,23,24). The molecule has 0 bridgehead atoms. The van der Waals surface area contributed by atoms with Gasteiger partial charge < -0.3 is 26.8 Å². The molecule has 0 saturated carbocycles. The monoisotopic (exact) mass is 366 g/mol. The fourth-order valence-electron chi connectivity index (χ4n) is 2.71. The highest BCUT2D eigenvalue weighted by molar-refractivity contribution is 5.89. The van der Waals surface area contributed by atoms with Crippen molar-refractivity contribution in [3.05, 3.63) is 41.7 Å². The summed E-state index contributed by atoms with van der Waals surface area (Å²) < 4.78 is 5.32. The normalized spacial score (nSPS) is 14.1. The number of carbonyl (C=O) groups excluding carboxylic acids is 1. The van der Waals surface area contributed by atoms with Crippen LogP contribution in [0.3, 0.4) is 0 Å². The van der Waals surface area contributed by atoms with E-state index in [2.05, 4.69) is 32.4 Å². The summed E-state index contributed by atoms with van der Waals surface area (Å²) in [5, 5.41) is 5.72. The molecule has 8 heteroatoms. The number of ether oxygens (including phenoxy) is 1. The number of nitrogens with zero attached hydrogens (tertiary/aromatic N) is 2. The number of hydrogen-bond donors (Lipinski definition) is 4. The fraction of sp³-hybridized carbons (Fsp3) is 0.316. The van der Waals surface area contributed by atoms with Gasteiger partial charge in [-0.1, -0.05) is 17.9 Å². The highest BCUT2D eigenvalue weighted by Crippen LogP contribution is 2.15. The maximum atomic E-state index is 12.1. The number of benzene rings is 1. The van der Waals surface area contributed by atoms with Gasteiger partial charge in [0.15, 0.2) is 0 Å². The quantitative estimate of drug-likeness (QED) is 0.611. The summed E-state index contributed by atoms with van der Waals surface area (Å²) in [5.74, 6) is 6.78. The van der Waals surface area contributed by atoms with Crippen molar-refractivity contribution in [3.8, 4) is 11.8 Å². The van der Waals surface area contributed by atoms with E-state index in [9.17, 15) is 4.79 Å². The van der Waals surface area contributed by atoms with Crippen molar-refractivity contribution in [1.29, 1.82) is 0 Å². The predicted octanol–water partition coefficient (Wildman–Crippen LogP) is 1.59. The van der Waals surface area contributed by atoms with Gasteiger partial charge in [0, 0.05) is 31.0 Å². The smallest absolute Gasteiger partial charge is 0.319 e. The zero-order valence-corrected chi connectivity index (χ0v) is 14.9. The van der Waals surface area contributed by atoms with Crippen molar-refractivity contribution in [1.82, 2.24) is 15.3 Å². The number of carbonyl (C=O) groups is 1. The van der Waals surface area contributed by atoms with E-state index in [0.29, 0.717) is 29.3 Å². The number of nitrogens with two attached hydrogens (primary N) is 2. The number of rotatable bonds is 3. The van der Waals surface area contributed by atoms with Gasteiger partial charge in [-0.25, -0.2) is 14.8 Å². The molecule has 2 aromatic rings. The van der Waals surface area contributed by atoms with E-state index in [0.717, 1.165) is 26.1 Å². The molecule has 0 spiro atoms. The maximum absolute atomic E-state index is 12.1. The Hall–Kier alpha value is -3.31. The van der Waals surface area contributed by atoms with Crippen LogP contribution >= 0.6 is 0 Å². The number of urea groups is 1. The van der Waals surface area contributed by atoms with Crippen molar-refractivity contribution in [2.24, 2.45) is 5.92 Å². The van der Waals surface area contributed by atoms with Crippen LogP contribution in [0.4, 0.5) is 22.1 Å². The van der Waals surface area contributed by atoms with Gasteiger partial charge >= 0.3 is 6.03 Å². The highest BCUT2D eigenvalue weighted by Gasteiger charge is 2.14. The molecular formula is C19H22N6O2. The van der Waals surface area contributed by atoms with Gasteiger partial charge in [-0.15, -0.1) is 0 Å². The van der Waals surface area contributed by atoms with E-state index < -0.39 is 0 Å². The number of aromatic nitrogens is 2. The Morgan fingerprint density at radius 2 is 1.93 bits per heavy atom. The Labute approximate surface area is 157 Å². The number of anilines is 3. The topological polar surface area (TPSA) is 128 Å². The molecule has 1 aliphatic heterocycles. The third kappa shape index (κ3) is 5.33. The van der Waals surface area contributed by atoms with E-state index in [1.54, 1.807) is 12.1 Å². The Morgan fingerprint density at radius 3 is 2.67 bits per heavy atom. The molecule has 1 aliphatic rings. The second-order valence-electron chi connectivity index (χ2n) is 6.24. The zero-order chi connectivity index (χ0) is 19.1. The average molecular weight is 366 g/mol. The first-order valence-electron chi connectivity index (χ1n) is 8.72. The van der Waals surface area contributed by atoms with Crippen molar-refractivity contribution in [2.75, 3.05) is 36.5 Å². The molecule has 6 N–H and O–H groups in total. The first-order chi connectivity index (χ1) is 13.1. The molecular weight excluding hydrogens is 344 g/mol. The third-order valence-electron chi connectivity index (χ3n) is 4.25. The van der Waals surface area contributed by atoms with E-state index in [4.69, 9.17) is 16.2 Å². The molecule has 2 heterocycles. The average Bonchev–Trinajstić information content (AvgIpc) is 2.67. The number of nitrogen functional groups attached to an aromatic ring is 2. The van der Waals surface area contributed by atoms with Crippen LogP contribution in [0.2, 0.25) is 0 Å². The second-order valence-corrected chi connectivity index (χ2v) is 6.24. The van der Waals surface area contributed by atoms with E-state index in [1.165, 1.54) is 6.33 Å². The number of nitrogens with one attached hydrogen (secondary N) is 2. The molecule has 3 rings (SSSR count). The highest BCUT2D eigenvalue weighted by atomic mass is 16.5. The van der Waals surface area contributed by atoms with Crippen LogP contribution in [0.5, 0.6) is 0 Å². The summed E-state index contributed by atoms with van der Waals surface area (Å²) in [6.07, 6.45) is 3.24. The van der Waals surface area contributed by atoms with Crippen molar-refractivity contribution >= 4 is 23.4 Å². The lowest BCUT2D eigenvalue weighted by molar-refractivity contribution is 0.0671.